The quantitative estimate of drug-likeness (QED) is 0.519. The van der Waals surface area contributed by atoms with Gasteiger partial charge in [0.25, 0.3) is 5.91 Å². The number of pyridine rings is 1. The van der Waals surface area contributed by atoms with E-state index < -0.39 is 23.3 Å². The Balaban J connectivity index is 1.64. The number of rotatable bonds is 4. The highest BCUT2D eigenvalue weighted by Crippen LogP contribution is 2.34. The molecule has 0 fully saturated rings. The van der Waals surface area contributed by atoms with E-state index in [0.717, 1.165) is 6.20 Å². The van der Waals surface area contributed by atoms with Gasteiger partial charge in [0.05, 0.1) is 29.3 Å². The number of aromatic nitrogens is 5. The summed E-state index contributed by atoms with van der Waals surface area (Å²) in [6.07, 6.45) is 0.621. The van der Waals surface area contributed by atoms with Crippen molar-refractivity contribution in [3.8, 4) is 11.5 Å². The Morgan fingerprint density at radius 2 is 1.90 bits per heavy atom. The van der Waals surface area contributed by atoms with Crippen LogP contribution in [0.4, 0.5) is 18.9 Å². The molecule has 0 saturated carbocycles. The molecule has 0 aliphatic heterocycles. The van der Waals surface area contributed by atoms with Gasteiger partial charge in [0.2, 0.25) is 0 Å². The third-order valence-corrected chi connectivity index (χ3v) is 4.32. The Morgan fingerprint density at radius 3 is 2.53 bits per heavy atom. The van der Waals surface area contributed by atoms with Gasteiger partial charge in [-0.3, -0.25) is 4.79 Å². The lowest BCUT2D eigenvalue weighted by Crippen LogP contribution is -2.20. The van der Waals surface area contributed by atoms with Crippen molar-refractivity contribution in [2.45, 2.75) is 6.18 Å². The number of carbonyl (C=O) groups is 1. The fourth-order valence-electron chi connectivity index (χ4n) is 2.79. The Bertz CT molecular complexity index is 1190. The van der Waals surface area contributed by atoms with Crippen molar-refractivity contribution in [2.75, 3.05) is 5.32 Å². The van der Waals surface area contributed by atoms with E-state index in [4.69, 9.17) is 11.6 Å². The smallest absolute Gasteiger partial charge is 0.320 e. The molecule has 0 aliphatic rings. The Labute approximate surface area is 172 Å². The second-order valence-corrected chi connectivity index (χ2v) is 6.54. The largest absolute Gasteiger partial charge is 0.434 e. The molecule has 11 heteroatoms. The molecule has 152 valence electrons. The minimum Gasteiger partial charge on any atom is -0.320 e. The molecule has 3 heterocycles. The van der Waals surface area contributed by atoms with Gasteiger partial charge in [-0.2, -0.15) is 23.4 Å². The topological polar surface area (TPSA) is 77.6 Å². The maximum absolute atomic E-state index is 13.7. The Hall–Kier alpha value is -3.66. The average molecular weight is 433 g/mol. The van der Waals surface area contributed by atoms with Gasteiger partial charge < -0.3 is 5.32 Å². The average Bonchev–Trinajstić information content (AvgIpc) is 3.38. The third-order valence-electron chi connectivity index (χ3n) is 4.08. The maximum atomic E-state index is 13.7. The molecule has 0 radical (unpaired) electrons. The molecular weight excluding hydrogens is 421 g/mol. The van der Waals surface area contributed by atoms with Gasteiger partial charge in [-0.25, -0.2) is 14.3 Å². The fourth-order valence-corrected chi connectivity index (χ4v) is 2.97. The number of nitrogens with one attached hydrogen (secondary N) is 1. The van der Waals surface area contributed by atoms with Crippen LogP contribution >= 0.6 is 11.6 Å². The third kappa shape index (κ3) is 3.90. The molecular formula is C19H12ClF3N6O. The lowest BCUT2D eigenvalue weighted by Gasteiger charge is -2.13. The zero-order valence-electron chi connectivity index (χ0n) is 15.0. The first kappa shape index (κ1) is 19.6. The number of anilines is 1. The van der Waals surface area contributed by atoms with Crippen LogP contribution in [0.3, 0.4) is 0 Å². The van der Waals surface area contributed by atoms with Gasteiger partial charge in [-0.1, -0.05) is 17.7 Å². The second-order valence-electron chi connectivity index (χ2n) is 6.11. The molecule has 0 bridgehead atoms. The van der Waals surface area contributed by atoms with Crippen LogP contribution in [0.2, 0.25) is 5.02 Å². The van der Waals surface area contributed by atoms with Crippen molar-refractivity contribution in [1.29, 1.82) is 0 Å². The summed E-state index contributed by atoms with van der Waals surface area (Å²) in [7, 11) is 0. The van der Waals surface area contributed by atoms with Crippen LogP contribution in [0.5, 0.6) is 0 Å². The van der Waals surface area contributed by atoms with E-state index in [0.29, 0.717) is 10.5 Å². The number of benzene rings is 1. The van der Waals surface area contributed by atoms with Crippen molar-refractivity contribution in [3.05, 3.63) is 83.5 Å². The molecule has 1 amide bonds. The molecule has 30 heavy (non-hydrogen) atoms. The van der Waals surface area contributed by atoms with E-state index in [9.17, 15) is 18.0 Å². The second kappa shape index (κ2) is 7.64. The van der Waals surface area contributed by atoms with E-state index in [1.54, 1.807) is 24.5 Å². The summed E-state index contributed by atoms with van der Waals surface area (Å²) in [5, 5.41) is 10.4. The fraction of sp³-hybridized carbons (Fsp3) is 0.0526. The first-order chi connectivity index (χ1) is 14.3. The van der Waals surface area contributed by atoms with E-state index in [1.165, 1.54) is 41.2 Å². The number of hydrogen-bond acceptors (Lipinski definition) is 4. The van der Waals surface area contributed by atoms with Crippen molar-refractivity contribution in [2.24, 2.45) is 0 Å². The first-order valence-electron chi connectivity index (χ1n) is 8.51. The SMILES string of the molecule is O=C(Nc1ccc(-n2cccn2)nc1)c1cnn(-c2cccc(Cl)c2)c1C(F)(F)F. The van der Waals surface area contributed by atoms with Crippen molar-refractivity contribution < 1.29 is 18.0 Å². The highest BCUT2D eigenvalue weighted by Gasteiger charge is 2.40. The summed E-state index contributed by atoms with van der Waals surface area (Å²) in [4.78, 5) is 16.7. The van der Waals surface area contributed by atoms with E-state index in [1.807, 2.05) is 0 Å². The summed E-state index contributed by atoms with van der Waals surface area (Å²) in [6.45, 7) is 0. The van der Waals surface area contributed by atoms with Crippen LogP contribution in [0, 0.1) is 0 Å². The molecule has 0 aliphatic carbocycles. The highest BCUT2D eigenvalue weighted by molar-refractivity contribution is 6.30. The predicted molar refractivity (Wildman–Crippen MR) is 103 cm³/mol. The summed E-state index contributed by atoms with van der Waals surface area (Å²) < 4.78 is 43.4. The monoisotopic (exact) mass is 432 g/mol. The van der Waals surface area contributed by atoms with Gasteiger partial charge in [0.15, 0.2) is 11.5 Å². The number of alkyl halides is 3. The molecule has 4 rings (SSSR count). The van der Waals surface area contributed by atoms with Crippen molar-refractivity contribution >= 4 is 23.2 Å². The molecule has 1 aromatic carbocycles. The molecule has 0 unspecified atom stereocenters. The summed E-state index contributed by atoms with van der Waals surface area (Å²) in [5.74, 6) is -0.480. The molecule has 7 nitrogen and oxygen atoms in total. The minimum atomic E-state index is -4.83. The van der Waals surface area contributed by atoms with E-state index in [-0.39, 0.29) is 16.4 Å². The van der Waals surface area contributed by atoms with Crippen LogP contribution in [-0.4, -0.2) is 30.5 Å². The molecule has 4 aromatic rings. The number of halogens is 4. The zero-order chi connectivity index (χ0) is 21.3. The Kier molecular flexibility index (Phi) is 5.00. The Morgan fingerprint density at radius 1 is 1.07 bits per heavy atom. The molecule has 0 spiro atoms. The molecule has 3 aromatic heterocycles. The minimum absolute atomic E-state index is 0.0825. The van der Waals surface area contributed by atoms with Gasteiger partial charge in [0, 0.05) is 17.4 Å². The number of hydrogen-bond donors (Lipinski definition) is 1. The summed E-state index contributed by atoms with van der Waals surface area (Å²) in [5.41, 5.74) is -1.53. The van der Waals surface area contributed by atoms with Gasteiger partial charge in [0.1, 0.15) is 0 Å². The van der Waals surface area contributed by atoms with Crippen molar-refractivity contribution in [1.82, 2.24) is 24.5 Å². The normalized spacial score (nSPS) is 11.5. The number of carbonyl (C=O) groups excluding carboxylic acids is 1. The highest BCUT2D eigenvalue weighted by atomic mass is 35.5. The van der Waals surface area contributed by atoms with Crippen LogP contribution in [0.15, 0.2) is 67.3 Å². The number of amides is 1. The lowest BCUT2D eigenvalue weighted by atomic mass is 10.2. The van der Waals surface area contributed by atoms with Crippen molar-refractivity contribution in [3.63, 3.8) is 0 Å². The molecule has 0 saturated heterocycles. The standard InChI is InChI=1S/C19H12ClF3N6O/c20-12-3-1-4-14(9-12)29-17(19(21,22)23)15(11-26-29)18(30)27-13-5-6-16(24-10-13)28-8-2-7-25-28/h1-11H,(H,27,30). The van der Waals surface area contributed by atoms with Gasteiger partial charge in [-0.15, -0.1) is 0 Å². The van der Waals surface area contributed by atoms with Gasteiger partial charge >= 0.3 is 6.18 Å². The lowest BCUT2D eigenvalue weighted by molar-refractivity contribution is -0.143. The van der Waals surface area contributed by atoms with Crippen LogP contribution in [0.1, 0.15) is 16.1 Å². The predicted octanol–water partition coefficient (Wildman–Crippen LogP) is 4.38. The van der Waals surface area contributed by atoms with Gasteiger partial charge in [-0.05, 0) is 36.4 Å². The summed E-state index contributed by atoms with van der Waals surface area (Å²) >= 11 is 5.87. The molecule has 0 atom stereocenters. The van der Waals surface area contributed by atoms with Crippen LogP contribution < -0.4 is 5.32 Å². The van der Waals surface area contributed by atoms with Crippen LogP contribution in [-0.2, 0) is 6.18 Å². The maximum Gasteiger partial charge on any atom is 0.434 e. The molecule has 1 N–H and O–H groups in total. The first-order valence-corrected chi connectivity index (χ1v) is 8.89. The van der Waals surface area contributed by atoms with E-state index >= 15 is 0 Å². The van der Waals surface area contributed by atoms with Crippen LogP contribution in [0.25, 0.3) is 11.5 Å². The number of nitrogens with zero attached hydrogens (tertiary/aromatic N) is 5. The summed E-state index contributed by atoms with van der Waals surface area (Å²) in [6, 6.07) is 10.5. The zero-order valence-corrected chi connectivity index (χ0v) is 15.8. The van der Waals surface area contributed by atoms with E-state index in [2.05, 4.69) is 20.5 Å².